The normalized spacial score (nSPS) is 10.5. The Bertz CT molecular complexity index is 1050. The lowest BCUT2D eigenvalue weighted by Crippen LogP contribution is -2.31. The van der Waals surface area contributed by atoms with Crippen LogP contribution in [-0.2, 0) is 6.54 Å². The number of amides is 2. The zero-order chi connectivity index (χ0) is 23.5. The van der Waals surface area contributed by atoms with E-state index >= 15 is 0 Å². The molecule has 0 aliphatic rings. The van der Waals surface area contributed by atoms with Crippen molar-refractivity contribution in [1.82, 2.24) is 5.32 Å². The van der Waals surface area contributed by atoms with E-state index in [0.29, 0.717) is 35.7 Å². The molecule has 0 bridgehead atoms. The van der Waals surface area contributed by atoms with Gasteiger partial charge in [-0.1, -0.05) is 80.8 Å². The van der Waals surface area contributed by atoms with Crippen LogP contribution < -0.4 is 15.0 Å². The minimum Gasteiger partial charge on any atom is -0.493 e. The third-order valence-corrected chi connectivity index (χ3v) is 5.48. The molecule has 172 valence electrons. The molecule has 0 atom stereocenters. The standard InChI is InChI=1S/C28H32N2O3/c1-3-4-5-13-20-33-26-19-12-10-17-24(26)28(32)30(2)25-18-11-9-16-23(25)27(31)29-21-22-14-7-6-8-15-22/h6-12,14-19H,3-5,13,20-21H2,1-2H3,(H,29,31). The molecule has 3 aromatic carbocycles. The monoisotopic (exact) mass is 444 g/mol. The van der Waals surface area contributed by atoms with Gasteiger partial charge in [0, 0.05) is 13.6 Å². The molecular weight excluding hydrogens is 412 g/mol. The molecule has 0 unspecified atom stereocenters. The van der Waals surface area contributed by atoms with Gasteiger partial charge in [0.15, 0.2) is 0 Å². The van der Waals surface area contributed by atoms with E-state index in [0.717, 1.165) is 24.8 Å². The SMILES string of the molecule is CCCCCCOc1ccccc1C(=O)N(C)c1ccccc1C(=O)NCc1ccccc1. The molecular formula is C28H32N2O3. The average Bonchev–Trinajstić information content (AvgIpc) is 2.87. The van der Waals surface area contributed by atoms with Crippen molar-refractivity contribution in [2.24, 2.45) is 0 Å². The number of anilines is 1. The van der Waals surface area contributed by atoms with Crippen LogP contribution in [0, 0.1) is 0 Å². The van der Waals surface area contributed by atoms with E-state index in [9.17, 15) is 9.59 Å². The Morgan fingerprint density at radius 3 is 2.24 bits per heavy atom. The van der Waals surface area contributed by atoms with E-state index in [2.05, 4.69) is 12.2 Å². The predicted molar refractivity (Wildman–Crippen MR) is 133 cm³/mol. The maximum Gasteiger partial charge on any atom is 0.261 e. The summed E-state index contributed by atoms with van der Waals surface area (Å²) in [5.74, 6) is 0.119. The number of para-hydroxylation sites is 2. The Labute approximate surface area is 196 Å². The van der Waals surface area contributed by atoms with Crippen molar-refractivity contribution in [3.8, 4) is 5.75 Å². The second-order valence-electron chi connectivity index (χ2n) is 7.95. The number of rotatable bonds is 11. The summed E-state index contributed by atoms with van der Waals surface area (Å²) < 4.78 is 5.93. The Kier molecular flexibility index (Phi) is 9.07. The number of benzene rings is 3. The number of hydrogen-bond donors (Lipinski definition) is 1. The van der Waals surface area contributed by atoms with Crippen LogP contribution in [0.4, 0.5) is 5.69 Å². The summed E-state index contributed by atoms with van der Waals surface area (Å²) in [4.78, 5) is 27.8. The fraction of sp³-hybridized carbons (Fsp3) is 0.286. The summed E-state index contributed by atoms with van der Waals surface area (Å²) in [6.45, 7) is 3.16. The molecule has 5 heteroatoms. The molecule has 0 fully saturated rings. The lowest BCUT2D eigenvalue weighted by molar-refractivity contribution is 0.0951. The highest BCUT2D eigenvalue weighted by atomic mass is 16.5. The van der Waals surface area contributed by atoms with E-state index < -0.39 is 0 Å². The number of nitrogens with one attached hydrogen (secondary N) is 1. The van der Waals surface area contributed by atoms with Gasteiger partial charge in [-0.25, -0.2) is 0 Å². The van der Waals surface area contributed by atoms with E-state index in [-0.39, 0.29) is 11.8 Å². The van der Waals surface area contributed by atoms with Gasteiger partial charge in [0.05, 0.1) is 23.4 Å². The maximum absolute atomic E-state index is 13.4. The second-order valence-corrected chi connectivity index (χ2v) is 7.95. The molecule has 1 N–H and O–H groups in total. The molecule has 0 aliphatic carbocycles. The van der Waals surface area contributed by atoms with Crippen LogP contribution in [0.1, 0.15) is 58.9 Å². The van der Waals surface area contributed by atoms with Crippen LogP contribution in [0.2, 0.25) is 0 Å². The van der Waals surface area contributed by atoms with Crippen molar-refractivity contribution in [1.29, 1.82) is 0 Å². The highest BCUT2D eigenvalue weighted by molar-refractivity contribution is 6.11. The molecule has 0 aromatic heterocycles. The molecule has 0 heterocycles. The Balaban J connectivity index is 1.73. The first kappa shape index (κ1) is 24.1. The van der Waals surface area contributed by atoms with E-state index in [1.807, 2.05) is 54.6 Å². The van der Waals surface area contributed by atoms with Crippen LogP contribution in [0.25, 0.3) is 0 Å². The van der Waals surface area contributed by atoms with Gasteiger partial charge in [-0.05, 0) is 36.2 Å². The van der Waals surface area contributed by atoms with E-state index in [1.54, 1.807) is 31.3 Å². The number of unbranched alkanes of at least 4 members (excludes halogenated alkanes) is 3. The summed E-state index contributed by atoms with van der Waals surface area (Å²) in [6, 6.07) is 24.1. The minimum atomic E-state index is -0.227. The largest absolute Gasteiger partial charge is 0.493 e. The Morgan fingerprint density at radius 2 is 1.48 bits per heavy atom. The van der Waals surface area contributed by atoms with Crippen LogP contribution in [0.15, 0.2) is 78.9 Å². The van der Waals surface area contributed by atoms with Gasteiger partial charge >= 0.3 is 0 Å². The van der Waals surface area contributed by atoms with Crippen LogP contribution >= 0.6 is 0 Å². The smallest absolute Gasteiger partial charge is 0.261 e. The van der Waals surface area contributed by atoms with Gasteiger partial charge < -0.3 is 15.0 Å². The quantitative estimate of drug-likeness (QED) is 0.377. The van der Waals surface area contributed by atoms with Crippen LogP contribution in [0.5, 0.6) is 5.75 Å². The Hall–Kier alpha value is -3.60. The summed E-state index contributed by atoms with van der Waals surface area (Å²) in [6.07, 6.45) is 4.41. The zero-order valence-electron chi connectivity index (χ0n) is 19.4. The molecule has 33 heavy (non-hydrogen) atoms. The van der Waals surface area contributed by atoms with Crippen molar-refractivity contribution < 1.29 is 14.3 Å². The molecule has 2 amide bonds. The molecule has 0 saturated carbocycles. The number of hydrogen-bond acceptors (Lipinski definition) is 3. The summed E-state index contributed by atoms with van der Waals surface area (Å²) in [7, 11) is 1.68. The van der Waals surface area contributed by atoms with Crippen molar-refractivity contribution in [3.05, 3.63) is 95.6 Å². The summed E-state index contributed by atoms with van der Waals surface area (Å²) in [5.41, 5.74) is 2.49. The van der Waals surface area contributed by atoms with Gasteiger partial charge in [0.25, 0.3) is 11.8 Å². The molecule has 0 radical (unpaired) electrons. The minimum absolute atomic E-state index is 0.220. The lowest BCUT2D eigenvalue weighted by Gasteiger charge is -2.22. The van der Waals surface area contributed by atoms with Crippen molar-refractivity contribution >= 4 is 17.5 Å². The van der Waals surface area contributed by atoms with Crippen LogP contribution in [-0.4, -0.2) is 25.5 Å². The molecule has 5 nitrogen and oxygen atoms in total. The topological polar surface area (TPSA) is 58.6 Å². The van der Waals surface area contributed by atoms with E-state index in [4.69, 9.17) is 4.74 Å². The van der Waals surface area contributed by atoms with Gasteiger partial charge in [-0.2, -0.15) is 0 Å². The molecule has 0 spiro atoms. The van der Waals surface area contributed by atoms with Gasteiger partial charge in [0.2, 0.25) is 0 Å². The third-order valence-electron chi connectivity index (χ3n) is 5.48. The lowest BCUT2D eigenvalue weighted by atomic mass is 10.1. The van der Waals surface area contributed by atoms with Crippen LogP contribution in [0.3, 0.4) is 0 Å². The third kappa shape index (κ3) is 6.69. The predicted octanol–water partition coefficient (Wildman–Crippen LogP) is 5.85. The fourth-order valence-corrected chi connectivity index (χ4v) is 3.60. The molecule has 0 aliphatic heterocycles. The van der Waals surface area contributed by atoms with Crippen molar-refractivity contribution in [3.63, 3.8) is 0 Å². The molecule has 3 aromatic rings. The summed E-state index contributed by atoms with van der Waals surface area (Å²) >= 11 is 0. The molecule has 3 rings (SSSR count). The maximum atomic E-state index is 13.4. The average molecular weight is 445 g/mol. The zero-order valence-corrected chi connectivity index (χ0v) is 19.4. The first-order valence-electron chi connectivity index (χ1n) is 11.5. The van der Waals surface area contributed by atoms with E-state index in [1.165, 1.54) is 11.3 Å². The van der Waals surface area contributed by atoms with Gasteiger partial charge in [-0.3, -0.25) is 9.59 Å². The number of carbonyl (C=O) groups excluding carboxylic acids is 2. The first-order chi connectivity index (χ1) is 16.1. The number of nitrogens with zero attached hydrogens (tertiary/aromatic N) is 1. The summed E-state index contributed by atoms with van der Waals surface area (Å²) in [5, 5.41) is 2.94. The number of carbonyl (C=O) groups is 2. The number of ether oxygens (including phenoxy) is 1. The second kappa shape index (κ2) is 12.4. The Morgan fingerprint density at radius 1 is 0.818 bits per heavy atom. The van der Waals surface area contributed by atoms with Crippen molar-refractivity contribution in [2.75, 3.05) is 18.6 Å². The molecule has 0 saturated heterocycles. The van der Waals surface area contributed by atoms with Gasteiger partial charge in [0.1, 0.15) is 5.75 Å². The highest BCUT2D eigenvalue weighted by Gasteiger charge is 2.22. The van der Waals surface area contributed by atoms with Gasteiger partial charge in [-0.15, -0.1) is 0 Å². The van der Waals surface area contributed by atoms with Crippen molar-refractivity contribution in [2.45, 2.75) is 39.2 Å². The first-order valence-corrected chi connectivity index (χ1v) is 11.5. The fourth-order valence-electron chi connectivity index (χ4n) is 3.60. The highest BCUT2D eigenvalue weighted by Crippen LogP contribution is 2.25.